The highest BCUT2D eigenvalue weighted by atomic mass is 32.2. The van der Waals surface area contributed by atoms with Gasteiger partial charge in [0, 0.05) is 0 Å². The summed E-state index contributed by atoms with van der Waals surface area (Å²) < 4.78 is 25.8. The van der Waals surface area contributed by atoms with Crippen LogP contribution in [0, 0.1) is 5.92 Å². The van der Waals surface area contributed by atoms with E-state index in [4.69, 9.17) is 0 Å². The van der Waals surface area contributed by atoms with Gasteiger partial charge in [-0.25, -0.2) is 13.1 Å². The fraction of sp³-hybridized carbons (Fsp3) is 0.923. The Balaban J connectivity index is 4.77. The van der Waals surface area contributed by atoms with Crippen molar-refractivity contribution in [3.63, 3.8) is 0 Å². The van der Waals surface area contributed by atoms with E-state index in [0.717, 1.165) is 0 Å². The van der Waals surface area contributed by atoms with Crippen LogP contribution >= 0.6 is 11.8 Å². The average molecular weight is 341 g/mol. The number of hydrogen-bond acceptors (Lipinski definition) is 5. The third-order valence-corrected chi connectivity index (χ3v) is 5.00. The fourth-order valence-corrected chi connectivity index (χ4v) is 3.13. The van der Waals surface area contributed by atoms with Crippen LogP contribution in [0.3, 0.4) is 0 Å². The number of aliphatic hydroxyl groups is 1. The molecule has 0 aliphatic carbocycles. The van der Waals surface area contributed by atoms with Crippen molar-refractivity contribution >= 4 is 27.7 Å². The van der Waals surface area contributed by atoms with Crippen LogP contribution in [-0.2, 0) is 14.8 Å². The van der Waals surface area contributed by atoms with Gasteiger partial charge >= 0.3 is 0 Å². The SMILES string of the molecule is CCS(=O)(=O)NC(CCSC)C(=O)NC(CO)CC(C)C. The van der Waals surface area contributed by atoms with E-state index in [0.29, 0.717) is 24.5 Å². The van der Waals surface area contributed by atoms with E-state index < -0.39 is 16.1 Å². The Morgan fingerprint density at radius 1 is 1.33 bits per heavy atom. The van der Waals surface area contributed by atoms with Crippen LogP contribution in [0.5, 0.6) is 0 Å². The first-order valence-corrected chi connectivity index (χ1v) is 10.2. The maximum Gasteiger partial charge on any atom is 0.238 e. The summed E-state index contributed by atoms with van der Waals surface area (Å²) in [6.45, 7) is 5.38. The van der Waals surface area contributed by atoms with Gasteiger partial charge in [0.25, 0.3) is 0 Å². The molecule has 0 aromatic heterocycles. The summed E-state index contributed by atoms with van der Waals surface area (Å²) in [4.78, 5) is 12.2. The van der Waals surface area contributed by atoms with Crippen LogP contribution in [-0.4, -0.2) is 55.9 Å². The standard InChI is InChI=1S/C13H28N2O4S2/c1-5-21(18,19)15-12(6-7-20-4)13(17)14-11(9-16)8-10(2)3/h10-12,15-16H,5-9H2,1-4H3,(H,14,17). The van der Waals surface area contributed by atoms with Crippen LogP contribution in [0.15, 0.2) is 0 Å². The summed E-state index contributed by atoms with van der Waals surface area (Å²) in [5.74, 6) is 0.573. The van der Waals surface area contributed by atoms with Gasteiger partial charge in [0.2, 0.25) is 15.9 Å². The highest BCUT2D eigenvalue weighted by Crippen LogP contribution is 2.07. The van der Waals surface area contributed by atoms with Gasteiger partial charge in [0.1, 0.15) is 6.04 Å². The number of aliphatic hydroxyl groups excluding tert-OH is 1. The largest absolute Gasteiger partial charge is 0.394 e. The van der Waals surface area contributed by atoms with E-state index in [1.54, 1.807) is 11.8 Å². The smallest absolute Gasteiger partial charge is 0.238 e. The molecule has 0 spiro atoms. The van der Waals surface area contributed by atoms with Gasteiger partial charge in [-0.2, -0.15) is 11.8 Å². The molecule has 0 bridgehead atoms. The van der Waals surface area contributed by atoms with Crippen LogP contribution in [0.2, 0.25) is 0 Å². The number of sulfonamides is 1. The molecule has 126 valence electrons. The minimum atomic E-state index is -3.44. The quantitative estimate of drug-likeness (QED) is 0.511. The number of carbonyl (C=O) groups excluding carboxylic acids is 1. The van der Waals surface area contributed by atoms with Gasteiger partial charge in [0.15, 0.2) is 0 Å². The van der Waals surface area contributed by atoms with E-state index in [1.807, 2.05) is 20.1 Å². The number of rotatable bonds is 11. The molecule has 0 rings (SSSR count). The predicted octanol–water partition coefficient (Wildman–Crippen LogP) is 0.571. The molecule has 0 aliphatic rings. The average Bonchev–Trinajstić information content (AvgIpc) is 2.41. The minimum absolute atomic E-state index is 0.0640. The Morgan fingerprint density at radius 3 is 2.38 bits per heavy atom. The first kappa shape index (κ1) is 20.7. The zero-order valence-corrected chi connectivity index (χ0v) is 14.9. The normalized spacial score (nSPS) is 15.0. The zero-order valence-electron chi connectivity index (χ0n) is 13.3. The molecule has 2 unspecified atom stereocenters. The number of nitrogens with one attached hydrogen (secondary N) is 2. The monoisotopic (exact) mass is 340 g/mol. The van der Waals surface area contributed by atoms with Crippen LogP contribution in [0.1, 0.15) is 33.6 Å². The summed E-state index contributed by atoms with van der Waals surface area (Å²) in [6.07, 6.45) is 2.97. The lowest BCUT2D eigenvalue weighted by Gasteiger charge is -2.23. The summed E-state index contributed by atoms with van der Waals surface area (Å²) in [7, 11) is -3.44. The molecule has 0 heterocycles. The molecule has 0 saturated carbocycles. The third kappa shape index (κ3) is 9.34. The van der Waals surface area contributed by atoms with Gasteiger partial charge < -0.3 is 10.4 Å². The molecule has 0 radical (unpaired) electrons. The Labute approximate surface area is 132 Å². The summed E-state index contributed by atoms with van der Waals surface area (Å²) in [5.41, 5.74) is 0. The van der Waals surface area contributed by atoms with E-state index in [2.05, 4.69) is 10.0 Å². The van der Waals surface area contributed by atoms with Crippen molar-refractivity contribution in [3.05, 3.63) is 0 Å². The second-order valence-corrected chi connectivity index (χ2v) is 8.40. The highest BCUT2D eigenvalue weighted by molar-refractivity contribution is 7.98. The summed E-state index contributed by atoms with van der Waals surface area (Å²) >= 11 is 1.55. The van der Waals surface area contributed by atoms with Gasteiger partial charge in [0.05, 0.1) is 18.4 Å². The van der Waals surface area contributed by atoms with Crippen molar-refractivity contribution in [1.82, 2.24) is 10.0 Å². The second-order valence-electron chi connectivity index (χ2n) is 5.37. The van der Waals surface area contributed by atoms with Crippen molar-refractivity contribution < 1.29 is 18.3 Å². The number of amides is 1. The second kappa shape index (κ2) is 10.4. The zero-order chi connectivity index (χ0) is 16.5. The van der Waals surface area contributed by atoms with Gasteiger partial charge in [-0.15, -0.1) is 0 Å². The van der Waals surface area contributed by atoms with Crippen molar-refractivity contribution in [3.8, 4) is 0 Å². The number of hydrogen-bond donors (Lipinski definition) is 3. The van der Waals surface area contributed by atoms with Crippen LogP contribution in [0.4, 0.5) is 0 Å². The lowest BCUT2D eigenvalue weighted by atomic mass is 10.0. The first-order valence-electron chi connectivity index (χ1n) is 7.15. The van der Waals surface area contributed by atoms with E-state index >= 15 is 0 Å². The first-order chi connectivity index (χ1) is 9.75. The number of thioether (sulfide) groups is 1. The maximum absolute atomic E-state index is 12.2. The van der Waals surface area contributed by atoms with Crippen LogP contribution < -0.4 is 10.0 Å². The molecule has 0 aromatic carbocycles. The molecule has 21 heavy (non-hydrogen) atoms. The van der Waals surface area contributed by atoms with Crippen molar-refractivity contribution in [2.45, 2.75) is 45.7 Å². The molecule has 8 heteroatoms. The highest BCUT2D eigenvalue weighted by Gasteiger charge is 2.25. The summed E-state index contributed by atoms with van der Waals surface area (Å²) in [6, 6.07) is -1.14. The molecular weight excluding hydrogens is 312 g/mol. The topological polar surface area (TPSA) is 95.5 Å². The molecule has 6 nitrogen and oxygen atoms in total. The third-order valence-electron chi connectivity index (χ3n) is 2.95. The number of carbonyl (C=O) groups is 1. The Bertz CT molecular complexity index is 399. The van der Waals surface area contributed by atoms with Crippen molar-refractivity contribution in [2.75, 3.05) is 24.4 Å². The molecular formula is C13H28N2O4S2. The lowest BCUT2D eigenvalue weighted by Crippen LogP contribution is -2.51. The molecule has 1 amide bonds. The molecule has 0 aliphatic heterocycles. The van der Waals surface area contributed by atoms with Crippen LogP contribution in [0.25, 0.3) is 0 Å². The molecule has 3 N–H and O–H groups in total. The van der Waals surface area contributed by atoms with E-state index in [9.17, 15) is 18.3 Å². The minimum Gasteiger partial charge on any atom is -0.394 e. The Kier molecular flexibility index (Phi) is 10.3. The van der Waals surface area contributed by atoms with E-state index in [-0.39, 0.29) is 24.3 Å². The predicted molar refractivity (Wildman–Crippen MR) is 87.9 cm³/mol. The van der Waals surface area contributed by atoms with E-state index in [1.165, 1.54) is 6.92 Å². The molecule has 0 aromatic rings. The summed E-state index contributed by atoms with van der Waals surface area (Å²) in [5, 5.41) is 12.0. The lowest BCUT2D eigenvalue weighted by molar-refractivity contribution is -0.123. The fourth-order valence-electron chi connectivity index (χ4n) is 1.83. The Hall–Kier alpha value is -0.310. The maximum atomic E-state index is 12.2. The molecule has 0 fully saturated rings. The molecule has 0 saturated heterocycles. The van der Waals surface area contributed by atoms with Gasteiger partial charge in [-0.3, -0.25) is 4.79 Å². The van der Waals surface area contributed by atoms with Crippen molar-refractivity contribution in [2.24, 2.45) is 5.92 Å². The van der Waals surface area contributed by atoms with Gasteiger partial charge in [-0.05, 0) is 37.7 Å². The van der Waals surface area contributed by atoms with Gasteiger partial charge in [-0.1, -0.05) is 13.8 Å². The molecule has 2 atom stereocenters. The Morgan fingerprint density at radius 2 is 1.95 bits per heavy atom. The van der Waals surface area contributed by atoms with Crippen molar-refractivity contribution in [1.29, 1.82) is 0 Å².